The predicted octanol–water partition coefficient (Wildman–Crippen LogP) is 3.70. The van der Waals surface area contributed by atoms with Crippen molar-refractivity contribution in [3.05, 3.63) is 57.2 Å². The molecule has 21 heavy (non-hydrogen) atoms. The number of guanidine groups is 1. The minimum absolute atomic E-state index is 0.620. The van der Waals surface area contributed by atoms with E-state index in [2.05, 4.69) is 40.1 Å². The number of hydrogen-bond acceptors (Lipinski definition) is 2. The molecule has 0 spiro atoms. The van der Waals surface area contributed by atoms with Gasteiger partial charge in [-0.15, -0.1) is 11.3 Å². The van der Waals surface area contributed by atoms with Gasteiger partial charge in [-0.25, -0.2) is 4.99 Å². The molecule has 0 aliphatic carbocycles. The first-order chi connectivity index (χ1) is 10.3. The second-order valence-corrected chi connectivity index (χ2v) is 6.05. The van der Waals surface area contributed by atoms with Crippen molar-refractivity contribution in [3.63, 3.8) is 0 Å². The molecular formula is C16H20ClN3S. The molecule has 0 amide bonds. The number of thiophene rings is 1. The first-order valence-corrected chi connectivity index (χ1v) is 8.32. The average Bonchev–Trinajstić information content (AvgIpc) is 2.98. The van der Waals surface area contributed by atoms with Gasteiger partial charge in [0.25, 0.3) is 0 Å². The van der Waals surface area contributed by atoms with Gasteiger partial charge in [0.1, 0.15) is 0 Å². The van der Waals surface area contributed by atoms with E-state index in [0.29, 0.717) is 6.54 Å². The first kappa shape index (κ1) is 15.9. The molecule has 112 valence electrons. The Morgan fingerprint density at radius 3 is 2.86 bits per heavy atom. The van der Waals surface area contributed by atoms with E-state index < -0.39 is 0 Å². The smallest absolute Gasteiger partial charge is 0.191 e. The summed E-state index contributed by atoms with van der Waals surface area (Å²) in [6.45, 7) is 4.41. The molecule has 0 aliphatic rings. The summed E-state index contributed by atoms with van der Waals surface area (Å²) >= 11 is 7.77. The van der Waals surface area contributed by atoms with Crippen LogP contribution in [0.2, 0.25) is 5.02 Å². The fourth-order valence-corrected chi connectivity index (χ4v) is 2.83. The molecule has 2 aromatic rings. The average molecular weight is 322 g/mol. The number of nitrogens with zero attached hydrogens (tertiary/aromatic N) is 1. The summed E-state index contributed by atoms with van der Waals surface area (Å²) in [5, 5.41) is 9.47. The van der Waals surface area contributed by atoms with Crippen molar-refractivity contribution in [1.29, 1.82) is 0 Å². The van der Waals surface area contributed by atoms with E-state index >= 15 is 0 Å². The number of rotatable bonds is 6. The summed E-state index contributed by atoms with van der Waals surface area (Å²) in [5.74, 6) is 0.842. The van der Waals surface area contributed by atoms with Crippen LogP contribution in [0.4, 0.5) is 0 Å². The normalized spacial score (nSPS) is 11.4. The Kier molecular flexibility index (Phi) is 6.57. The highest BCUT2D eigenvalue weighted by molar-refractivity contribution is 7.09. The molecule has 1 heterocycles. The Labute approximate surface area is 135 Å². The molecule has 0 fully saturated rings. The van der Waals surface area contributed by atoms with Crippen molar-refractivity contribution in [1.82, 2.24) is 10.6 Å². The predicted molar refractivity (Wildman–Crippen MR) is 92.3 cm³/mol. The lowest BCUT2D eigenvalue weighted by Crippen LogP contribution is -2.38. The van der Waals surface area contributed by atoms with Crippen LogP contribution in [0.15, 0.2) is 46.8 Å². The number of halogens is 1. The molecule has 0 saturated carbocycles. The van der Waals surface area contributed by atoms with Crippen molar-refractivity contribution in [2.45, 2.75) is 19.9 Å². The molecule has 5 heteroatoms. The number of nitrogens with one attached hydrogen (secondary N) is 2. The van der Waals surface area contributed by atoms with Crippen molar-refractivity contribution in [2.75, 3.05) is 13.1 Å². The minimum Gasteiger partial charge on any atom is -0.357 e. The van der Waals surface area contributed by atoms with E-state index in [1.165, 1.54) is 4.88 Å². The molecule has 3 nitrogen and oxygen atoms in total. The SMILES string of the molecule is CCNC(=NCc1cccc(Cl)c1)NCCc1cccs1. The summed E-state index contributed by atoms with van der Waals surface area (Å²) in [7, 11) is 0. The highest BCUT2D eigenvalue weighted by Gasteiger charge is 1.99. The molecule has 1 aromatic carbocycles. The van der Waals surface area contributed by atoms with Crippen molar-refractivity contribution in [3.8, 4) is 0 Å². The highest BCUT2D eigenvalue weighted by Crippen LogP contribution is 2.11. The van der Waals surface area contributed by atoms with Crippen LogP contribution in [0.25, 0.3) is 0 Å². The zero-order valence-electron chi connectivity index (χ0n) is 12.1. The topological polar surface area (TPSA) is 36.4 Å². The Balaban J connectivity index is 1.86. The lowest BCUT2D eigenvalue weighted by Gasteiger charge is -2.10. The van der Waals surface area contributed by atoms with Gasteiger partial charge in [0.2, 0.25) is 0 Å². The van der Waals surface area contributed by atoms with E-state index in [9.17, 15) is 0 Å². The van der Waals surface area contributed by atoms with Crippen molar-refractivity contribution in [2.24, 2.45) is 4.99 Å². The number of hydrogen-bond donors (Lipinski definition) is 2. The first-order valence-electron chi connectivity index (χ1n) is 7.07. The van der Waals surface area contributed by atoms with Gasteiger partial charge in [0, 0.05) is 23.0 Å². The van der Waals surface area contributed by atoms with Gasteiger partial charge in [-0.2, -0.15) is 0 Å². The summed E-state index contributed by atoms with van der Waals surface area (Å²) < 4.78 is 0. The van der Waals surface area contributed by atoms with E-state index in [4.69, 9.17) is 11.6 Å². The van der Waals surface area contributed by atoms with Gasteiger partial charge in [-0.3, -0.25) is 0 Å². The van der Waals surface area contributed by atoms with Gasteiger partial charge >= 0.3 is 0 Å². The van der Waals surface area contributed by atoms with Crippen molar-refractivity contribution >= 4 is 28.9 Å². The van der Waals surface area contributed by atoms with Gasteiger partial charge in [0.05, 0.1) is 6.54 Å². The zero-order valence-corrected chi connectivity index (χ0v) is 13.7. The van der Waals surface area contributed by atoms with Crippen LogP contribution in [-0.4, -0.2) is 19.0 Å². The fraction of sp³-hybridized carbons (Fsp3) is 0.312. The molecule has 0 bridgehead atoms. The van der Waals surface area contributed by atoms with Crippen LogP contribution in [0.3, 0.4) is 0 Å². The van der Waals surface area contributed by atoms with Crippen LogP contribution in [0.5, 0.6) is 0 Å². The standard InChI is InChI=1S/C16H20ClN3S/c1-2-18-16(19-9-8-15-7-4-10-21-15)20-12-13-5-3-6-14(17)11-13/h3-7,10-11H,2,8-9,12H2,1H3,(H2,18,19,20). The van der Waals surface area contributed by atoms with Gasteiger partial charge < -0.3 is 10.6 Å². The second-order valence-electron chi connectivity index (χ2n) is 4.58. The third-order valence-electron chi connectivity index (χ3n) is 2.90. The molecule has 2 rings (SSSR count). The summed E-state index contributed by atoms with van der Waals surface area (Å²) in [6, 6.07) is 12.0. The van der Waals surface area contributed by atoms with Crippen LogP contribution < -0.4 is 10.6 Å². The number of benzene rings is 1. The van der Waals surface area contributed by atoms with Crippen LogP contribution in [0.1, 0.15) is 17.4 Å². The molecule has 0 atom stereocenters. The van der Waals surface area contributed by atoms with Gasteiger partial charge in [0.15, 0.2) is 5.96 Å². The molecule has 0 radical (unpaired) electrons. The summed E-state index contributed by atoms with van der Waals surface area (Å²) in [5.41, 5.74) is 1.11. The van der Waals surface area contributed by atoms with E-state index in [-0.39, 0.29) is 0 Å². The summed E-state index contributed by atoms with van der Waals surface area (Å²) in [4.78, 5) is 5.97. The molecule has 0 aliphatic heterocycles. The molecule has 1 aromatic heterocycles. The Morgan fingerprint density at radius 2 is 2.14 bits per heavy atom. The third kappa shape index (κ3) is 5.78. The maximum absolute atomic E-state index is 5.98. The lowest BCUT2D eigenvalue weighted by molar-refractivity contribution is 0.804. The van der Waals surface area contributed by atoms with Crippen LogP contribution in [0, 0.1) is 0 Å². The van der Waals surface area contributed by atoms with Gasteiger partial charge in [-0.05, 0) is 42.5 Å². The van der Waals surface area contributed by atoms with Gasteiger partial charge in [-0.1, -0.05) is 29.8 Å². The fourth-order valence-electron chi connectivity index (χ4n) is 1.91. The summed E-state index contributed by atoms with van der Waals surface area (Å²) in [6.07, 6.45) is 1.01. The van der Waals surface area contributed by atoms with Crippen LogP contribution >= 0.6 is 22.9 Å². The van der Waals surface area contributed by atoms with Crippen LogP contribution in [-0.2, 0) is 13.0 Å². The quantitative estimate of drug-likeness (QED) is 0.628. The monoisotopic (exact) mass is 321 g/mol. The zero-order chi connectivity index (χ0) is 14.9. The highest BCUT2D eigenvalue weighted by atomic mass is 35.5. The molecular weight excluding hydrogens is 302 g/mol. The Hall–Kier alpha value is -1.52. The molecule has 2 N–H and O–H groups in total. The molecule has 0 unspecified atom stereocenters. The van der Waals surface area contributed by atoms with E-state index in [0.717, 1.165) is 36.1 Å². The maximum Gasteiger partial charge on any atom is 0.191 e. The minimum atomic E-state index is 0.620. The third-order valence-corrected chi connectivity index (χ3v) is 4.07. The van der Waals surface area contributed by atoms with Crippen molar-refractivity contribution < 1.29 is 0 Å². The molecule has 0 saturated heterocycles. The lowest BCUT2D eigenvalue weighted by atomic mass is 10.2. The maximum atomic E-state index is 5.98. The van der Waals surface area contributed by atoms with E-state index in [1.54, 1.807) is 11.3 Å². The Bertz CT molecular complexity index is 567. The largest absolute Gasteiger partial charge is 0.357 e. The number of aliphatic imine (C=N–C) groups is 1. The Morgan fingerprint density at radius 1 is 1.24 bits per heavy atom. The second kappa shape index (κ2) is 8.70. The van der Waals surface area contributed by atoms with E-state index in [1.807, 2.05) is 24.3 Å².